The topological polar surface area (TPSA) is 69.0 Å². The average molecular weight is 246 g/mol. The lowest BCUT2D eigenvalue weighted by molar-refractivity contribution is -0.116. The summed E-state index contributed by atoms with van der Waals surface area (Å²) in [6, 6.07) is 7.19. The summed E-state index contributed by atoms with van der Waals surface area (Å²) in [4.78, 5) is 15.5. The zero-order valence-electron chi connectivity index (χ0n) is 10.0. The Kier molecular flexibility index (Phi) is 3.90. The van der Waals surface area contributed by atoms with Crippen molar-refractivity contribution in [3.8, 4) is 5.75 Å². The number of anilines is 1. The van der Waals surface area contributed by atoms with Crippen LogP contribution in [0.15, 0.2) is 36.9 Å². The number of nitrogens with zero attached hydrogens (tertiary/aromatic N) is 3. The molecule has 0 bridgehead atoms. The smallest absolute Gasteiger partial charge is 0.226 e. The number of benzene rings is 1. The third kappa shape index (κ3) is 3.31. The summed E-state index contributed by atoms with van der Waals surface area (Å²) in [6.07, 6.45) is 3.39. The molecule has 0 saturated heterocycles. The number of hydrogen-bond donors (Lipinski definition) is 1. The lowest BCUT2D eigenvalue weighted by atomic mass is 10.3. The van der Waals surface area contributed by atoms with E-state index in [0.717, 1.165) is 11.4 Å². The lowest BCUT2D eigenvalue weighted by Crippen LogP contribution is -2.14. The first-order chi connectivity index (χ1) is 8.78. The van der Waals surface area contributed by atoms with Crippen LogP contribution in [0.25, 0.3) is 0 Å². The van der Waals surface area contributed by atoms with E-state index < -0.39 is 0 Å². The number of methoxy groups -OCH3 is 1. The predicted octanol–water partition coefficient (Wildman–Crippen LogP) is 1.32. The number of carbonyl (C=O) groups excluding carboxylic acids is 1. The summed E-state index contributed by atoms with van der Waals surface area (Å²) in [7, 11) is 1.60. The lowest BCUT2D eigenvalue weighted by Gasteiger charge is -2.06. The molecule has 6 heteroatoms. The molecule has 1 N–H and O–H groups in total. The van der Waals surface area contributed by atoms with Crippen LogP contribution in [0.3, 0.4) is 0 Å². The molecule has 0 saturated carbocycles. The zero-order chi connectivity index (χ0) is 12.8. The highest BCUT2D eigenvalue weighted by Crippen LogP contribution is 2.15. The van der Waals surface area contributed by atoms with Gasteiger partial charge in [0.2, 0.25) is 5.91 Å². The molecule has 6 nitrogen and oxygen atoms in total. The number of carbonyl (C=O) groups is 1. The number of rotatable bonds is 5. The van der Waals surface area contributed by atoms with E-state index >= 15 is 0 Å². The van der Waals surface area contributed by atoms with Crippen LogP contribution in [0.5, 0.6) is 5.75 Å². The fraction of sp³-hybridized carbons (Fsp3) is 0.250. The van der Waals surface area contributed by atoms with Crippen LogP contribution in [0, 0.1) is 0 Å². The molecule has 0 spiro atoms. The van der Waals surface area contributed by atoms with Crippen LogP contribution >= 0.6 is 0 Å². The molecule has 18 heavy (non-hydrogen) atoms. The molecular weight excluding hydrogens is 232 g/mol. The third-order valence-electron chi connectivity index (χ3n) is 2.41. The van der Waals surface area contributed by atoms with E-state index in [2.05, 4.69) is 15.4 Å². The highest BCUT2D eigenvalue weighted by molar-refractivity contribution is 5.90. The van der Waals surface area contributed by atoms with Crippen LogP contribution in [-0.2, 0) is 11.3 Å². The minimum absolute atomic E-state index is 0.0596. The Morgan fingerprint density at radius 1 is 1.39 bits per heavy atom. The summed E-state index contributed by atoms with van der Waals surface area (Å²) in [5.74, 6) is 0.700. The Balaban J connectivity index is 1.83. The number of aromatic nitrogens is 3. The van der Waals surface area contributed by atoms with E-state index in [9.17, 15) is 4.79 Å². The van der Waals surface area contributed by atoms with Crippen LogP contribution in [0.1, 0.15) is 6.42 Å². The van der Waals surface area contributed by atoms with E-state index in [4.69, 9.17) is 4.74 Å². The summed E-state index contributed by atoms with van der Waals surface area (Å²) < 4.78 is 6.66. The second kappa shape index (κ2) is 5.81. The fourth-order valence-corrected chi connectivity index (χ4v) is 1.46. The molecule has 1 amide bonds. The van der Waals surface area contributed by atoms with Gasteiger partial charge in [-0.15, -0.1) is 0 Å². The maximum atomic E-state index is 11.7. The number of amides is 1. The van der Waals surface area contributed by atoms with Crippen molar-refractivity contribution in [3.63, 3.8) is 0 Å². The highest BCUT2D eigenvalue weighted by atomic mass is 16.5. The van der Waals surface area contributed by atoms with Gasteiger partial charge in [-0.05, 0) is 24.3 Å². The first-order valence-electron chi connectivity index (χ1n) is 5.54. The molecule has 1 aromatic carbocycles. The van der Waals surface area contributed by atoms with Gasteiger partial charge in [0.1, 0.15) is 18.4 Å². The van der Waals surface area contributed by atoms with Crippen molar-refractivity contribution >= 4 is 11.6 Å². The quantitative estimate of drug-likeness (QED) is 0.863. The van der Waals surface area contributed by atoms with Gasteiger partial charge in [-0.25, -0.2) is 4.98 Å². The van der Waals surface area contributed by atoms with Crippen molar-refractivity contribution in [2.45, 2.75) is 13.0 Å². The van der Waals surface area contributed by atoms with E-state index in [1.165, 1.54) is 6.33 Å². The molecule has 0 radical (unpaired) electrons. The maximum Gasteiger partial charge on any atom is 0.226 e. The second-order valence-corrected chi connectivity index (χ2v) is 3.69. The van der Waals surface area contributed by atoms with Crippen LogP contribution < -0.4 is 10.1 Å². The Hall–Kier alpha value is -2.37. The largest absolute Gasteiger partial charge is 0.497 e. The maximum absolute atomic E-state index is 11.7. The Morgan fingerprint density at radius 2 is 2.17 bits per heavy atom. The van der Waals surface area contributed by atoms with Gasteiger partial charge in [-0.1, -0.05) is 0 Å². The summed E-state index contributed by atoms with van der Waals surface area (Å²) in [5, 5.41) is 6.73. The van der Waals surface area contributed by atoms with Crippen LogP contribution in [0.2, 0.25) is 0 Å². The van der Waals surface area contributed by atoms with Gasteiger partial charge < -0.3 is 10.1 Å². The van der Waals surface area contributed by atoms with Gasteiger partial charge >= 0.3 is 0 Å². The van der Waals surface area contributed by atoms with Crippen molar-refractivity contribution in [1.82, 2.24) is 14.8 Å². The van der Waals surface area contributed by atoms with Gasteiger partial charge in [-0.2, -0.15) is 5.10 Å². The number of aryl methyl sites for hydroxylation is 1. The third-order valence-corrected chi connectivity index (χ3v) is 2.41. The molecule has 1 aromatic heterocycles. The molecule has 0 atom stereocenters. The van der Waals surface area contributed by atoms with E-state index in [0.29, 0.717) is 13.0 Å². The Bertz CT molecular complexity index is 493. The molecule has 0 aliphatic rings. The normalized spacial score (nSPS) is 10.1. The van der Waals surface area contributed by atoms with Crippen molar-refractivity contribution < 1.29 is 9.53 Å². The molecule has 2 rings (SSSR count). The van der Waals surface area contributed by atoms with Gasteiger partial charge in [-0.3, -0.25) is 9.48 Å². The molecule has 2 aromatic rings. The summed E-state index contributed by atoms with van der Waals surface area (Å²) in [5.41, 5.74) is 0.749. The number of ether oxygens (including phenoxy) is 1. The van der Waals surface area contributed by atoms with Gasteiger partial charge in [0, 0.05) is 12.1 Å². The highest BCUT2D eigenvalue weighted by Gasteiger charge is 2.03. The van der Waals surface area contributed by atoms with Gasteiger partial charge in [0.15, 0.2) is 0 Å². The van der Waals surface area contributed by atoms with Crippen molar-refractivity contribution in [1.29, 1.82) is 0 Å². The molecular formula is C12H14N4O2. The molecule has 0 unspecified atom stereocenters. The number of nitrogens with one attached hydrogen (secondary N) is 1. The van der Waals surface area contributed by atoms with Gasteiger partial charge in [0.05, 0.1) is 13.7 Å². The van der Waals surface area contributed by atoms with Crippen molar-refractivity contribution in [2.75, 3.05) is 12.4 Å². The zero-order valence-corrected chi connectivity index (χ0v) is 10.0. The first kappa shape index (κ1) is 12.1. The minimum Gasteiger partial charge on any atom is -0.497 e. The van der Waals surface area contributed by atoms with E-state index in [-0.39, 0.29) is 5.91 Å². The Labute approximate surface area is 105 Å². The van der Waals surface area contributed by atoms with Crippen molar-refractivity contribution in [3.05, 3.63) is 36.9 Å². The molecule has 1 heterocycles. The van der Waals surface area contributed by atoms with Gasteiger partial charge in [0.25, 0.3) is 0 Å². The summed E-state index contributed by atoms with van der Waals surface area (Å²) in [6.45, 7) is 0.516. The average Bonchev–Trinajstić information content (AvgIpc) is 2.90. The molecule has 0 aliphatic carbocycles. The molecule has 94 valence electrons. The minimum atomic E-state index is -0.0596. The molecule has 0 aliphatic heterocycles. The van der Waals surface area contributed by atoms with Crippen LogP contribution in [-0.4, -0.2) is 27.8 Å². The number of hydrogen-bond acceptors (Lipinski definition) is 4. The van der Waals surface area contributed by atoms with Crippen molar-refractivity contribution in [2.24, 2.45) is 0 Å². The van der Waals surface area contributed by atoms with E-state index in [1.807, 2.05) is 0 Å². The summed E-state index contributed by atoms with van der Waals surface area (Å²) >= 11 is 0. The van der Waals surface area contributed by atoms with E-state index in [1.54, 1.807) is 42.4 Å². The van der Waals surface area contributed by atoms with Crippen LogP contribution in [0.4, 0.5) is 5.69 Å². The first-order valence-corrected chi connectivity index (χ1v) is 5.54. The Morgan fingerprint density at radius 3 is 2.78 bits per heavy atom. The predicted molar refractivity (Wildman–Crippen MR) is 66.3 cm³/mol. The monoisotopic (exact) mass is 246 g/mol. The molecule has 0 fully saturated rings. The fourth-order valence-electron chi connectivity index (χ4n) is 1.46. The standard InChI is InChI=1S/C12H14N4O2/c1-18-11-4-2-10(3-5-11)15-12(17)6-7-16-9-13-8-14-16/h2-5,8-9H,6-7H2,1H3,(H,15,17). The SMILES string of the molecule is COc1ccc(NC(=O)CCn2cncn2)cc1. The second-order valence-electron chi connectivity index (χ2n) is 3.69.